The van der Waals surface area contributed by atoms with Gasteiger partial charge in [0.2, 0.25) is 0 Å². The van der Waals surface area contributed by atoms with Gasteiger partial charge < -0.3 is 20.3 Å². The van der Waals surface area contributed by atoms with Crippen LogP contribution < -0.4 is 10.6 Å². The van der Waals surface area contributed by atoms with E-state index in [9.17, 15) is 0 Å². The fourth-order valence-corrected chi connectivity index (χ4v) is 4.82. The summed E-state index contributed by atoms with van der Waals surface area (Å²) in [4.78, 5) is 11.8. The summed E-state index contributed by atoms with van der Waals surface area (Å²) in [7, 11) is 1.85. The van der Waals surface area contributed by atoms with Gasteiger partial charge >= 0.3 is 0 Å². The average Bonchev–Trinajstić information content (AvgIpc) is 3.34. The van der Waals surface area contributed by atoms with Crippen molar-refractivity contribution in [2.45, 2.75) is 57.9 Å². The van der Waals surface area contributed by atoms with Crippen LogP contribution in [0.1, 0.15) is 50.7 Å². The number of aliphatic imine (C=N–C) groups is 1. The molecule has 0 radical (unpaired) electrons. The van der Waals surface area contributed by atoms with E-state index in [1.165, 1.54) is 49.6 Å². The van der Waals surface area contributed by atoms with E-state index in [4.69, 9.17) is 9.72 Å². The minimum absolute atomic E-state index is 0.124. The summed E-state index contributed by atoms with van der Waals surface area (Å²) >= 11 is 1.76. The Labute approximate surface area is 174 Å². The maximum absolute atomic E-state index is 5.51. The largest absolute Gasteiger partial charge is 0.381 e. The highest BCUT2D eigenvalue weighted by atomic mass is 32.1. The number of piperidine rings is 1. The number of rotatable bonds is 6. The van der Waals surface area contributed by atoms with Crippen molar-refractivity contribution in [1.82, 2.24) is 20.5 Å². The molecule has 2 aliphatic heterocycles. The van der Waals surface area contributed by atoms with Gasteiger partial charge in [-0.1, -0.05) is 20.8 Å². The van der Waals surface area contributed by atoms with Gasteiger partial charge in [-0.2, -0.15) is 0 Å². The summed E-state index contributed by atoms with van der Waals surface area (Å²) in [5.74, 6) is 1.65. The van der Waals surface area contributed by atoms with Gasteiger partial charge in [0.1, 0.15) is 0 Å². The van der Waals surface area contributed by atoms with Crippen LogP contribution in [0.5, 0.6) is 0 Å². The van der Waals surface area contributed by atoms with E-state index in [1.54, 1.807) is 11.3 Å². The molecule has 0 saturated carbocycles. The molecule has 3 heterocycles. The molecule has 2 saturated heterocycles. The topological polar surface area (TPSA) is 61.8 Å². The van der Waals surface area contributed by atoms with Gasteiger partial charge in [0.05, 0.1) is 17.3 Å². The van der Waals surface area contributed by atoms with Crippen molar-refractivity contribution >= 4 is 17.3 Å². The molecule has 6 nitrogen and oxygen atoms in total. The molecule has 2 N–H and O–H groups in total. The molecule has 1 unspecified atom stereocenters. The standard InChI is InChI=1S/C21H37N5OS/c1-21(2,3)18-15-28-19(25-18)5-9-23-20(22-4)24-17-6-10-26(11-7-17)13-16-8-12-27-14-16/h15-17H,5-14H2,1-4H3,(H2,22,23,24). The zero-order valence-electron chi connectivity index (χ0n) is 18.0. The van der Waals surface area contributed by atoms with Gasteiger partial charge in [-0.05, 0) is 25.2 Å². The Morgan fingerprint density at radius 2 is 2.11 bits per heavy atom. The number of nitrogens with one attached hydrogen (secondary N) is 2. The zero-order chi connectivity index (χ0) is 20.0. The van der Waals surface area contributed by atoms with E-state index in [2.05, 4.69) is 46.7 Å². The number of hydrogen-bond acceptors (Lipinski definition) is 5. The zero-order valence-corrected chi connectivity index (χ0v) is 18.8. The molecule has 1 aromatic heterocycles. The van der Waals surface area contributed by atoms with Crippen molar-refractivity contribution in [2.75, 3.05) is 46.4 Å². The Kier molecular flexibility index (Phi) is 7.71. The molecule has 2 fully saturated rings. The SMILES string of the molecule is CN=C(NCCc1nc(C(C)(C)C)cs1)NC1CCN(CC2CCOC2)CC1. The Morgan fingerprint density at radius 3 is 2.71 bits per heavy atom. The number of guanidine groups is 1. The quantitative estimate of drug-likeness (QED) is 0.561. The summed E-state index contributed by atoms with van der Waals surface area (Å²) < 4.78 is 5.51. The van der Waals surface area contributed by atoms with Gasteiger partial charge in [0.25, 0.3) is 0 Å². The summed E-state index contributed by atoms with van der Waals surface area (Å²) in [5, 5.41) is 10.4. The van der Waals surface area contributed by atoms with Crippen LogP contribution in [0, 0.1) is 5.92 Å². The normalized spacial score (nSPS) is 22.6. The second-order valence-corrected chi connectivity index (χ2v) is 10.0. The number of aromatic nitrogens is 1. The summed E-state index contributed by atoms with van der Waals surface area (Å²) in [6.45, 7) is 12.9. The minimum atomic E-state index is 0.124. The predicted molar refractivity (Wildman–Crippen MR) is 117 cm³/mol. The van der Waals surface area contributed by atoms with E-state index in [-0.39, 0.29) is 5.41 Å². The Bertz CT molecular complexity index is 625. The molecule has 1 atom stereocenters. The second kappa shape index (κ2) is 10.0. The van der Waals surface area contributed by atoms with E-state index in [0.29, 0.717) is 6.04 Å². The summed E-state index contributed by atoms with van der Waals surface area (Å²) in [6.07, 6.45) is 4.51. The highest BCUT2D eigenvalue weighted by Gasteiger charge is 2.24. The number of hydrogen-bond donors (Lipinski definition) is 2. The van der Waals surface area contributed by atoms with Gasteiger partial charge in [0, 0.05) is 63.1 Å². The molecule has 0 aliphatic carbocycles. The first-order chi connectivity index (χ1) is 13.4. The van der Waals surface area contributed by atoms with Crippen molar-refractivity contribution in [3.8, 4) is 0 Å². The maximum atomic E-state index is 5.51. The fourth-order valence-electron chi connectivity index (χ4n) is 3.80. The lowest BCUT2D eigenvalue weighted by Crippen LogP contribution is -2.49. The van der Waals surface area contributed by atoms with Crippen LogP contribution in [-0.2, 0) is 16.6 Å². The highest BCUT2D eigenvalue weighted by molar-refractivity contribution is 7.09. The molecular formula is C21H37N5OS. The lowest BCUT2D eigenvalue weighted by Gasteiger charge is -2.34. The molecule has 28 heavy (non-hydrogen) atoms. The van der Waals surface area contributed by atoms with Crippen LogP contribution in [0.2, 0.25) is 0 Å². The number of likely N-dealkylation sites (tertiary alicyclic amines) is 1. The Morgan fingerprint density at radius 1 is 1.32 bits per heavy atom. The van der Waals surface area contributed by atoms with Crippen LogP contribution in [0.15, 0.2) is 10.4 Å². The number of ether oxygens (including phenoxy) is 1. The van der Waals surface area contributed by atoms with Crippen molar-refractivity contribution in [3.05, 3.63) is 16.1 Å². The van der Waals surface area contributed by atoms with Crippen molar-refractivity contribution in [2.24, 2.45) is 10.9 Å². The average molecular weight is 408 g/mol. The van der Waals surface area contributed by atoms with Crippen molar-refractivity contribution in [1.29, 1.82) is 0 Å². The van der Waals surface area contributed by atoms with Gasteiger partial charge in [-0.3, -0.25) is 4.99 Å². The second-order valence-electron chi connectivity index (χ2n) is 9.07. The molecule has 0 bridgehead atoms. The van der Waals surface area contributed by atoms with Crippen molar-refractivity contribution < 1.29 is 4.74 Å². The van der Waals surface area contributed by atoms with Crippen LogP contribution in [0.25, 0.3) is 0 Å². The van der Waals surface area contributed by atoms with Crippen molar-refractivity contribution in [3.63, 3.8) is 0 Å². The first-order valence-corrected chi connectivity index (χ1v) is 11.5. The molecule has 7 heteroatoms. The van der Waals surface area contributed by atoms with Gasteiger partial charge in [-0.15, -0.1) is 11.3 Å². The van der Waals surface area contributed by atoms with Gasteiger partial charge in [-0.25, -0.2) is 4.98 Å². The van der Waals surface area contributed by atoms with E-state index < -0.39 is 0 Å². The lowest BCUT2D eigenvalue weighted by atomic mass is 9.93. The molecule has 2 aliphatic rings. The smallest absolute Gasteiger partial charge is 0.191 e. The molecule has 0 amide bonds. The van der Waals surface area contributed by atoms with E-state index in [0.717, 1.165) is 38.1 Å². The number of thiazole rings is 1. The fraction of sp³-hybridized carbons (Fsp3) is 0.810. The summed E-state index contributed by atoms with van der Waals surface area (Å²) in [5.41, 5.74) is 1.31. The predicted octanol–water partition coefficient (Wildman–Crippen LogP) is 2.65. The molecule has 158 valence electrons. The lowest BCUT2D eigenvalue weighted by molar-refractivity contribution is 0.150. The van der Waals surface area contributed by atoms with Crippen LogP contribution in [0.3, 0.4) is 0 Å². The first kappa shape index (κ1) is 21.5. The third-order valence-electron chi connectivity index (χ3n) is 5.64. The number of nitrogens with zero attached hydrogens (tertiary/aromatic N) is 3. The minimum Gasteiger partial charge on any atom is -0.381 e. The molecule has 0 aromatic carbocycles. The van der Waals surface area contributed by atoms with E-state index >= 15 is 0 Å². The monoisotopic (exact) mass is 407 g/mol. The molecular weight excluding hydrogens is 370 g/mol. The summed E-state index contributed by atoms with van der Waals surface area (Å²) in [6, 6.07) is 0.509. The molecule has 3 rings (SSSR count). The molecule has 0 spiro atoms. The highest BCUT2D eigenvalue weighted by Crippen LogP contribution is 2.24. The van der Waals surface area contributed by atoms with Crippen LogP contribution in [0.4, 0.5) is 0 Å². The first-order valence-electron chi connectivity index (χ1n) is 10.7. The van der Waals surface area contributed by atoms with Crippen LogP contribution >= 0.6 is 11.3 Å². The third kappa shape index (κ3) is 6.42. The van der Waals surface area contributed by atoms with Gasteiger partial charge in [0.15, 0.2) is 5.96 Å². The third-order valence-corrected chi connectivity index (χ3v) is 6.55. The Balaban J connectivity index is 1.35. The maximum Gasteiger partial charge on any atom is 0.191 e. The van der Waals surface area contributed by atoms with Crippen LogP contribution in [-0.4, -0.2) is 68.3 Å². The Hall–Kier alpha value is -1.18. The van der Waals surface area contributed by atoms with E-state index in [1.807, 2.05) is 7.05 Å². The molecule has 1 aromatic rings.